The van der Waals surface area contributed by atoms with Gasteiger partial charge in [0.1, 0.15) is 5.02 Å². The first-order valence-corrected chi connectivity index (χ1v) is 6.89. The normalized spacial score (nSPS) is 14.2. The van der Waals surface area contributed by atoms with Crippen molar-refractivity contribution in [2.75, 3.05) is 30.5 Å². The van der Waals surface area contributed by atoms with Crippen molar-refractivity contribution >= 4 is 35.1 Å². The predicted octanol–water partition coefficient (Wildman–Crippen LogP) is 1.70. The Morgan fingerprint density at radius 2 is 2.29 bits per heavy atom. The van der Waals surface area contributed by atoms with Crippen LogP contribution in [0.5, 0.6) is 0 Å². The van der Waals surface area contributed by atoms with Crippen LogP contribution in [0.2, 0.25) is 5.02 Å². The molecular weight excluding hydrogens is 260 g/mol. The number of nitrogens with one attached hydrogen (secondary N) is 2. The van der Waals surface area contributed by atoms with E-state index in [0.717, 1.165) is 0 Å². The fourth-order valence-corrected chi connectivity index (χ4v) is 2.11. The van der Waals surface area contributed by atoms with Gasteiger partial charge in [0.05, 0.1) is 12.8 Å². The number of aromatic nitrogens is 2. The van der Waals surface area contributed by atoms with Gasteiger partial charge in [0.15, 0.2) is 5.82 Å². The van der Waals surface area contributed by atoms with Gasteiger partial charge in [0, 0.05) is 18.3 Å². The average Bonchev–Trinajstić information content (AvgIpc) is 2.33. The van der Waals surface area contributed by atoms with E-state index in [9.17, 15) is 5.11 Å². The highest BCUT2D eigenvalue weighted by atomic mass is 35.5. The highest BCUT2D eigenvalue weighted by Crippen LogP contribution is 2.22. The summed E-state index contributed by atoms with van der Waals surface area (Å²) in [6, 6.07) is 0.0621. The van der Waals surface area contributed by atoms with Crippen LogP contribution >= 0.6 is 23.4 Å². The second-order valence-corrected chi connectivity index (χ2v) is 5.01. The van der Waals surface area contributed by atoms with Crippen molar-refractivity contribution in [3.05, 3.63) is 11.2 Å². The van der Waals surface area contributed by atoms with Gasteiger partial charge in [-0.2, -0.15) is 16.7 Å². The van der Waals surface area contributed by atoms with Crippen LogP contribution in [0.1, 0.15) is 6.92 Å². The number of aliphatic hydroxyl groups is 1. The molecular formula is C10H17ClN4OS. The first-order valence-electron chi connectivity index (χ1n) is 5.22. The highest BCUT2D eigenvalue weighted by Gasteiger charge is 2.17. The Morgan fingerprint density at radius 3 is 2.82 bits per heavy atom. The number of halogens is 1. The van der Waals surface area contributed by atoms with Gasteiger partial charge >= 0.3 is 0 Å². The molecule has 96 valence electrons. The molecule has 1 aromatic heterocycles. The molecule has 2 atom stereocenters. The summed E-state index contributed by atoms with van der Waals surface area (Å²) < 4.78 is 0. The van der Waals surface area contributed by atoms with Crippen LogP contribution in [0.4, 0.5) is 11.8 Å². The summed E-state index contributed by atoms with van der Waals surface area (Å²) in [7, 11) is 1.74. The zero-order chi connectivity index (χ0) is 12.8. The molecule has 1 heterocycles. The molecule has 0 spiro atoms. The molecule has 0 saturated carbocycles. The van der Waals surface area contributed by atoms with Crippen LogP contribution in [-0.4, -0.2) is 46.3 Å². The Labute approximate surface area is 110 Å². The molecule has 17 heavy (non-hydrogen) atoms. The number of rotatable bonds is 6. The molecule has 0 bridgehead atoms. The van der Waals surface area contributed by atoms with E-state index in [4.69, 9.17) is 11.6 Å². The number of hydrogen-bond donors (Lipinski definition) is 3. The molecule has 0 saturated heterocycles. The van der Waals surface area contributed by atoms with Crippen molar-refractivity contribution in [2.24, 2.45) is 0 Å². The summed E-state index contributed by atoms with van der Waals surface area (Å²) >= 11 is 7.60. The molecule has 2 unspecified atom stereocenters. The SMILES string of the molecule is CNc1ncc(Cl)c(NC(C)C(CO)SC)n1. The maximum Gasteiger partial charge on any atom is 0.224 e. The van der Waals surface area contributed by atoms with Crippen molar-refractivity contribution in [2.45, 2.75) is 18.2 Å². The molecule has 0 aliphatic heterocycles. The van der Waals surface area contributed by atoms with E-state index in [1.54, 1.807) is 25.0 Å². The minimum Gasteiger partial charge on any atom is -0.395 e. The maximum atomic E-state index is 9.21. The second kappa shape index (κ2) is 6.88. The van der Waals surface area contributed by atoms with Gasteiger partial charge in [-0.1, -0.05) is 11.6 Å². The molecule has 0 aromatic carbocycles. The van der Waals surface area contributed by atoms with E-state index < -0.39 is 0 Å². The van der Waals surface area contributed by atoms with Crippen LogP contribution in [0.15, 0.2) is 6.20 Å². The topological polar surface area (TPSA) is 70.1 Å². The fraction of sp³-hybridized carbons (Fsp3) is 0.600. The molecule has 0 radical (unpaired) electrons. The van der Waals surface area contributed by atoms with E-state index in [0.29, 0.717) is 16.8 Å². The molecule has 1 rings (SSSR count). The Morgan fingerprint density at radius 1 is 1.59 bits per heavy atom. The third-order valence-electron chi connectivity index (χ3n) is 2.37. The number of hydrogen-bond acceptors (Lipinski definition) is 6. The summed E-state index contributed by atoms with van der Waals surface area (Å²) in [5.74, 6) is 1.08. The second-order valence-electron chi connectivity index (χ2n) is 3.53. The molecule has 5 nitrogen and oxygen atoms in total. The summed E-state index contributed by atoms with van der Waals surface area (Å²) in [6.45, 7) is 2.09. The standard InChI is InChI=1S/C10H17ClN4OS/c1-6(8(5-16)17-3)14-9-7(11)4-13-10(12-2)15-9/h4,6,8,16H,5H2,1-3H3,(H2,12,13,14,15). The quantitative estimate of drug-likeness (QED) is 0.735. The summed E-state index contributed by atoms with van der Waals surface area (Å²) in [6.07, 6.45) is 3.50. The summed E-state index contributed by atoms with van der Waals surface area (Å²) in [5.41, 5.74) is 0. The molecule has 7 heteroatoms. The van der Waals surface area contributed by atoms with Crippen LogP contribution in [0.25, 0.3) is 0 Å². The maximum absolute atomic E-state index is 9.21. The highest BCUT2D eigenvalue weighted by molar-refractivity contribution is 7.99. The molecule has 1 aromatic rings. The number of anilines is 2. The van der Waals surface area contributed by atoms with E-state index in [-0.39, 0.29) is 17.9 Å². The van der Waals surface area contributed by atoms with Crippen molar-refractivity contribution in [1.29, 1.82) is 0 Å². The minimum atomic E-state index is 0.0621. The van der Waals surface area contributed by atoms with Crippen molar-refractivity contribution < 1.29 is 5.11 Å². The molecule has 0 fully saturated rings. The van der Waals surface area contributed by atoms with Gasteiger partial charge in [-0.15, -0.1) is 0 Å². The van der Waals surface area contributed by atoms with Crippen LogP contribution in [0.3, 0.4) is 0 Å². The summed E-state index contributed by atoms with van der Waals surface area (Å²) in [5, 5.41) is 15.8. The lowest BCUT2D eigenvalue weighted by atomic mass is 10.2. The third kappa shape index (κ3) is 3.90. The molecule has 0 amide bonds. The molecule has 0 aliphatic carbocycles. The van der Waals surface area contributed by atoms with Crippen molar-refractivity contribution in [3.8, 4) is 0 Å². The van der Waals surface area contributed by atoms with Crippen LogP contribution in [-0.2, 0) is 0 Å². The lowest BCUT2D eigenvalue weighted by Crippen LogP contribution is -2.31. The Hall–Kier alpha value is -0.720. The van der Waals surface area contributed by atoms with Gasteiger partial charge < -0.3 is 15.7 Å². The van der Waals surface area contributed by atoms with Crippen molar-refractivity contribution in [3.63, 3.8) is 0 Å². The number of thioether (sulfide) groups is 1. The minimum absolute atomic E-state index is 0.0621. The summed E-state index contributed by atoms with van der Waals surface area (Å²) in [4.78, 5) is 8.23. The lowest BCUT2D eigenvalue weighted by molar-refractivity contribution is 0.288. The Balaban J connectivity index is 2.79. The van der Waals surface area contributed by atoms with E-state index in [1.165, 1.54) is 0 Å². The first-order chi connectivity index (χ1) is 8.12. The Bertz CT molecular complexity index is 362. The van der Waals surface area contributed by atoms with Crippen molar-refractivity contribution in [1.82, 2.24) is 9.97 Å². The molecule has 3 N–H and O–H groups in total. The molecule has 0 aliphatic rings. The van der Waals surface area contributed by atoms with Gasteiger partial charge in [0.25, 0.3) is 0 Å². The number of aliphatic hydroxyl groups excluding tert-OH is 1. The van der Waals surface area contributed by atoms with E-state index in [2.05, 4.69) is 20.6 Å². The lowest BCUT2D eigenvalue weighted by Gasteiger charge is -2.22. The zero-order valence-electron chi connectivity index (χ0n) is 10.1. The smallest absolute Gasteiger partial charge is 0.224 e. The number of nitrogens with zero attached hydrogens (tertiary/aromatic N) is 2. The monoisotopic (exact) mass is 276 g/mol. The van der Waals surface area contributed by atoms with Gasteiger partial charge in [0.2, 0.25) is 5.95 Å². The van der Waals surface area contributed by atoms with Gasteiger partial charge in [-0.05, 0) is 13.2 Å². The van der Waals surface area contributed by atoms with Crippen LogP contribution in [0, 0.1) is 0 Å². The van der Waals surface area contributed by atoms with Gasteiger partial charge in [-0.25, -0.2) is 4.98 Å². The fourth-order valence-electron chi connectivity index (χ4n) is 1.33. The van der Waals surface area contributed by atoms with Crippen LogP contribution < -0.4 is 10.6 Å². The van der Waals surface area contributed by atoms with E-state index in [1.807, 2.05) is 13.2 Å². The zero-order valence-corrected chi connectivity index (χ0v) is 11.6. The van der Waals surface area contributed by atoms with E-state index >= 15 is 0 Å². The van der Waals surface area contributed by atoms with Gasteiger partial charge in [-0.3, -0.25) is 0 Å². The largest absolute Gasteiger partial charge is 0.395 e. The Kier molecular flexibility index (Phi) is 5.80. The predicted molar refractivity (Wildman–Crippen MR) is 74.1 cm³/mol. The average molecular weight is 277 g/mol. The first kappa shape index (κ1) is 14.3. The third-order valence-corrected chi connectivity index (χ3v) is 3.81.